The van der Waals surface area contributed by atoms with Crippen LogP contribution in [0.4, 0.5) is 33.2 Å². The zero-order valence-electron chi connectivity index (χ0n) is 55.5. The van der Waals surface area contributed by atoms with Crippen LogP contribution in [-0.2, 0) is 72.9 Å². The molecule has 3 unspecified atom stereocenters. The van der Waals surface area contributed by atoms with Gasteiger partial charge in [0.1, 0.15) is 29.8 Å². The number of thioether (sulfide) groups is 1. The van der Waals surface area contributed by atoms with Gasteiger partial charge in [0.05, 0.1) is 18.1 Å². The maximum absolute atomic E-state index is 12.9. The fourth-order valence-corrected chi connectivity index (χ4v) is 8.43. The molecule has 566 valence electrons. The van der Waals surface area contributed by atoms with E-state index < -0.39 is 78.0 Å². The molecule has 0 aliphatic rings. The van der Waals surface area contributed by atoms with Gasteiger partial charge in [0.15, 0.2) is 6.61 Å². The number of aromatic nitrogens is 1. The highest BCUT2D eigenvalue weighted by Crippen LogP contribution is 2.14. The minimum absolute atomic E-state index is 0.176. The summed E-state index contributed by atoms with van der Waals surface area (Å²) in [5, 5.41) is 80.2. The summed E-state index contributed by atoms with van der Waals surface area (Å²) in [4.78, 5) is 181. The molecule has 3 aromatic carbocycles. The van der Waals surface area contributed by atoms with Crippen molar-refractivity contribution in [2.75, 3.05) is 50.5 Å². The van der Waals surface area contributed by atoms with Crippen LogP contribution < -0.4 is 48.0 Å². The fourth-order valence-electron chi connectivity index (χ4n) is 7.47. The second-order valence-electron chi connectivity index (χ2n) is 20.5. The molecule has 1 aromatic heterocycles. The first-order valence-electron chi connectivity index (χ1n) is 30.9. The normalized spacial score (nSPS) is 10.8. The molecular formula is C64H79F3N12O24S. The summed E-state index contributed by atoms with van der Waals surface area (Å²) in [6.45, 7) is 1.58. The maximum Gasteiger partial charge on any atom is 0.373 e. The molecule has 0 bridgehead atoms. The molecule has 104 heavy (non-hydrogen) atoms. The fraction of sp³-hybridized carbons (Fsp3) is 0.391. The molecule has 0 fully saturated rings. The third kappa shape index (κ3) is 54.5. The molecule has 0 saturated carbocycles. The van der Waals surface area contributed by atoms with E-state index in [1.165, 1.54) is 54.9 Å². The van der Waals surface area contributed by atoms with Crippen LogP contribution in [-0.4, -0.2) is 195 Å². The highest BCUT2D eigenvalue weighted by Gasteiger charge is 2.23. The summed E-state index contributed by atoms with van der Waals surface area (Å²) in [5.74, 6) is -7.51. The van der Waals surface area contributed by atoms with Crippen LogP contribution in [0.2, 0.25) is 0 Å². The van der Waals surface area contributed by atoms with Gasteiger partial charge in [-0.25, -0.2) is 42.5 Å². The zero-order valence-corrected chi connectivity index (χ0v) is 56.3. The van der Waals surface area contributed by atoms with Crippen LogP contribution in [0.15, 0.2) is 101 Å². The molecule has 0 saturated heterocycles. The molecule has 36 nitrogen and oxygen atoms in total. The number of pyridine rings is 1. The van der Waals surface area contributed by atoms with Crippen LogP contribution in [0.3, 0.4) is 0 Å². The van der Waals surface area contributed by atoms with E-state index >= 15 is 0 Å². The minimum Gasteiger partial charge on any atom is -0.481 e. The summed E-state index contributed by atoms with van der Waals surface area (Å²) in [6, 6.07) is 15.6. The van der Waals surface area contributed by atoms with Crippen molar-refractivity contribution in [2.24, 2.45) is 10.3 Å². The summed E-state index contributed by atoms with van der Waals surface area (Å²) < 4.78 is 38.6. The number of carbonyl (C=O) groups is 11. The number of unbranched alkanes of at least 4 members (excludes halogenated alkanes) is 5. The van der Waals surface area contributed by atoms with Gasteiger partial charge < -0.3 is 78.0 Å². The molecule has 0 aliphatic heterocycles. The van der Waals surface area contributed by atoms with Crippen LogP contribution in [0.25, 0.3) is 0 Å². The minimum atomic E-state index is -1.30. The molecule has 4 rings (SSSR count). The van der Waals surface area contributed by atoms with E-state index in [4.69, 9.17) is 64.2 Å². The number of hydrazone groups is 1. The molecule has 4 aromatic rings. The van der Waals surface area contributed by atoms with Gasteiger partial charge >= 0.3 is 72.4 Å². The van der Waals surface area contributed by atoms with Crippen molar-refractivity contribution in [2.45, 2.75) is 114 Å². The topological polar surface area (TPSA) is 567 Å². The standard InChI is InChI=1S/C25H30FN5O6.C20H27FN4O7.C16H22FN3O5S.3CO2/c26-19-8-4-17(5-9-19)16-29-31-20-10-6-18(7-11-20)23(34)27-14-2-1-3-15-28-25(37)30-21(24(35)36)12-13-22(32)33;21-15-6-4-14(5-7-15)12-24-32-13-17(26)22-10-2-1-3-11-23-20(31)25-16(19(29)30)8-9-18(27)28;17-13-9-11(5-7-18-13)10-26-8-2-1-6-19-16(25)20-12(15(23)24)3-4-14(21)22;3*2-1-3/h4-11,16,21,31H,1-3,12-15H2,(H,27,34)(H,32,33)(H,35,36)(H2,28,30,37);4-7,12,16H,1-3,8-11,13H2,(H,22,26)(H,27,28)(H,29,30)(H2,23,25,31);5,7,9,12H,1-4,6,8,10H2,(H,21,22)(H,23,24)(H2,19,20,25);;;/b29-16+;;;;;/i26-1;21-1;17-1;;;. The number of carboxylic acids is 6. The number of halogens is 3. The Kier molecular flexibility index (Phi) is 54.5. The largest absolute Gasteiger partial charge is 0.481 e. The number of rotatable bonds is 42. The number of nitrogens with zero attached hydrogens (tertiary/aromatic N) is 3. The van der Waals surface area contributed by atoms with Gasteiger partial charge in [-0.2, -0.15) is 50.0 Å². The highest BCUT2D eigenvalue weighted by atomic mass is 32.2. The van der Waals surface area contributed by atoms with Gasteiger partial charge in [-0.15, -0.1) is 0 Å². The number of hydrogen-bond acceptors (Lipinski definition) is 23. The quantitative estimate of drug-likeness (QED) is 0.0129. The van der Waals surface area contributed by atoms with Crippen molar-refractivity contribution in [3.05, 3.63) is 131 Å². The second kappa shape index (κ2) is 60.6. The van der Waals surface area contributed by atoms with Crippen molar-refractivity contribution in [1.82, 2.24) is 47.5 Å². The van der Waals surface area contributed by atoms with E-state index in [-0.39, 0.29) is 87.0 Å². The van der Waals surface area contributed by atoms with Gasteiger partial charge in [-0.1, -0.05) is 29.4 Å². The molecule has 1 heterocycles. The van der Waals surface area contributed by atoms with Gasteiger partial charge in [0, 0.05) is 69.5 Å². The van der Waals surface area contributed by atoms with Crippen LogP contribution in [0.5, 0.6) is 0 Å². The number of aliphatic carboxylic acids is 6. The Hall–Kier alpha value is -12.4. The Morgan fingerprint density at radius 3 is 1.27 bits per heavy atom. The lowest BCUT2D eigenvalue weighted by Crippen LogP contribution is -2.46. The van der Waals surface area contributed by atoms with Gasteiger partial charge in [-0.3, -0.25) is 29.4 Å². The predicted octanol–water partition coefficient (Wildman–Crippen LogP) is 3.97. The Morgan fingerprint density at radius 1 is 0.490 bits per heavy atom. The summed E-state index contributed by atoms with van der Waals surface area (Å²) >= 11 is 1.64. The third-order valence-corrected chi connectivity index (χ3v) is 13.6. The molecule has 0 spiro atoms. The SMILES string of the molecule is O=C(O)CCC(NC(=O)NCCCCCNC(=O)CON=Cc1ccc([18F])cc1)C(=O)O.O=C(O)CCC(NC(=O)NCCCCCNC(=O)c1ccc(N/N=C/c2ccc([18F])cc2)cc1)C(=O)O.O=C(O)CCC(NC(=O)NCCCCSCc1ccnc([18F])c1)C(=O)O.O=C=O.O=C=O.O=C=O. The maximum atomic E-state index is 12.9. The molecule has 0 radical (unpaired) electrons. The smallest absolute Gasteiger partial charge is 0.373 e. The zero-order chi connectivity index (χ0) is 78.3. The van der Waals surface area contributed by atoms with Crippen molar-refractivity contribution >= 4 is 114 Å². The lowest BCUT2D eigenvalue weighted by molar-refractivity contribution is -0.193. The Bertz CT molecular complexity index is 3410. The third-order valence-electron chi connectivity index (χ3n) is 12.5. The summed E-state index contributed by atoms with van der Waals surface area (Å²) in [7, 11) is 0. The first kappa shape index (κ1) is 93.7. The van der Waals surface area contributed by atoms with Crippen LogP contribution >= 0.6 is 11.8 Å². The Labute approximate surface area is 595 Å². The van der Waals surface area contributed by atoms with Crippen molar-refractivity contribution in [1.29, 1.82) is 0 Å². The lowest BCUT2D eigenvalue weighted by Gasteiger charge is -2.14. The highest BCUT2D eigenvalue weighted by molar-refractivity contribution is 7.98. The number of hydrogen-bond donors (Lipinski definition) is 15. The van der Waals surface area contributed by atoms with E-state index in [9.17, 15) is 65.9 Å². The van der Waals surface area contributed by atoms with Crippen LogP contribution in [0.1, 0.15) is 117 Å². The predicted molar refractivity (Wildman–Crippen MR) is 356 cm³/mol. The van der Waals surface area contributed by atoms with Crippen molar-refractivity contribution in [3.8, 4) is 0 Å². The first-order chi connectivity index (χ1) is 49.6. The van der Waals surface area contributed by atoms with Gasteiger partial charge in [0.2, 0.25) is 5.95 Å². The van der Waals surface area contributed by atoms with E-state index in [1.807, 2.05) is 0 Å². The molecule has 0 aliphatic carbocycles. The number of carbonyl (C=O) groups excluding carboxylic acids is 11. The summed E-state index contributed by atoms with van der Waals surface area (Å²) in [6.07, 6.45) is 8.96. The van der Waals surface area contributed by atoms with E-state index in [0.717, 1.165) is 29.7 Å². The van der Waals surface area contributed by atoms with Crippen LogP contribution in [0, 0.1) is 17.6 Å². The first-order valence-corrected chi connectivity index (χ1v) is 32.0. The Balaban J connectivity index is 0. The van der Waals surface area contributed by atoms with Crippen molar-refractivity contribution in [3.63, 3.8) is 0 Å². The number of nitrogens with one attached hydrogen (secondary N) is 9. The van der Waals surface area contributed by atoms with E-state index in [0.29, 0.717) is 93.8 Å². The lowest BCUT2D eigenvalue weighted by atomic mass is 10.1. The second-order valence-corrected chi connectivity index (χ2v) is 21.6. The van der Waals surface area contributed by atoms with Gasteiger partial charge in [-0.05, 0) is 154 Å². The van der Waals surface area contributed by atoms with E-state index in [1.54, 1.807) is 60.4 Å². The number of anilines is 1. The average Bonchev–Trinajstić information content (AvgIpc) is 0.892. The molecule has 40 heteroatoms. The number of oxime groups is 1. The van der Waals surface area contributed by atoms with Crippen molar-refractivity contribution < 1.29 is 130 Å². The number of carboxylic acid groups (broad SMARTS) is 6. The monoisotopic (exact) mass is 1490 g/mol. The molecular weight excluding hydrogens is 1410 g/mol. The molecule has 15 N–H and O–H groups in total. The summed E-state index contributed by atoms with van der Waals surface area (Å²) in [5.41, 5.74) is 6.24. The van der Waals surface area contributed by atoms with Gasteiger partial charge in [0.25, 0.3) is 11.8 Å². The average molecular weight is 1490 g/mol. The Morgan fingerprint density at radius 2 is 0.875 bits per heavy atom. The number of benzene rings is 3. The number of amides is 8. The molecule has 3 atom stereocenters. The number of urea groups is 3. The van der Waals surface area contributed by atoms with E-state index in [2.05, 4.69) is 63.2 Å². The molecule has 8 amide bonds.